The summed E-state index contributed by atoms with van der Waals surface area (Å²) >= 11 is 0. The number of nitrogens with zero attached hydrogens (tertiary/aromatic N) is 2. The van der Waals surface area contributed by atoms with Crippen molar-refractivity contribution in [2.45, 2.75) is 39.0 Å². The van der Waals surface area contributed by atoms with Crippen molar-refractivity contribution in [3.8, 4) is 5.75 Å². The van der Waals surface area contributed by atoms with E-state index in [9.17, 15) is 9.59 Å². The number of pyridine rings is 1. The molecule has 0 spiro atoms. The van der Waals surface area contributed by atoms with Crippen LogP contribution in [0.4, 0.5) is 11.5 Å². The Morgan fingerprint density at radius 3 is 2.57 bits per heavy atom. The van der Waals surface area contributed by atoms with E-state index in [1.54, 1.807) is 48.7 Å². The number of hydrogen-bond donors (Lipinski definition) is 3. The van der Waals surface area contributed by atoms with Crippen molar-refractivity contribution >= 4 is 23.3 Å². The van der Waals surface area contributed by atoms with E-state index in [1.165, 1.54) is 0 Å². The van der Waals surface area contributed by atoms with Crippen LogP contribution >= 0.6 is 0 Å². The number of ether oxygens (including phenoxy) is 1. The number of aromatic nitrogens is 2. The van der Waals surface area contributed by atoms with Crippen LogP contribution < -0.4 is 20.7 Å². The Balaban J connectivity index is 1.25. The fraction of sp³-hybridized carbons (Fsp3) is 0.385. The van der Waals surface area contributed by atoms with Gasteiger partial charge in [-0.3, -0.25) is 9.59 Å². The Hall–Kier alpha value is -3.72. The molecule has 3 N–H and O–H groups in total. The zero-order valence-corrected chi connectivity index (χ0v) is 20.3. The Morgan fingerprint density at radius 1 is 1.14 bits per heavy atom. The molecule has 1 aliphatic heterocycles. The second-order valence-corrected chi connectivity index (χ2v) is 9.75. The minimum absolute atomic E-state index is 0.172. The third-order valence-electron chi connectivity index (χ3n) is 5.71. The van der Waals surface area contributed by atoms with Crippen LogP contribution in [0.5, 0.6) is 5.75 Å². The summed E-state index contributed by atoms with van der Waals surface area (Å²) in [6.07, 6.45) is 2.85. The summed E-state index contributed by atoms with van der Waals surface area (Å²) in [7, 11) is 0. The van der Waals surface area contributed by atoms with Gasteiger partial charge in [0.05, 0.1) is 19.2 Å². The summed E-state index contributed by atoms with van der Waals surface area (Å²) in [4.78, 5) is 29.1. The number of nitrogens with one attached hydrogen (secondary N) is 3. The van der Waals surface area contributed by atoms with Gasteiger partial charge in [0, 0.05) is 29.6 Å². The van der Waals surface area contributed by atoms with Gasteiger partial charge in [-0.1, -0.05) is 38.1 Å². The highest BCUT2D eigenvalue weighted by molar-refractivity contribution is 6.02. The van der Waals surface area contributed by atoms with Gasteiger partial charge in [-0.2, -0.15) is 0 Å². The smallest absolute Gasteiger partial charge is 0.274 e. The van der Waals surface area contributed by atoms with Crippen molar-refractivity contribution in [1.82, 2.24) is 15.5 Å². The van der Waals surface area contributed by atoms with E-state index in [1.807, 2.05) is 20.8 Å². The normalized spacial score (nSPS) is 15.6. The summed E-state index contributed by atoms with van der Waals surface area (Å²) in [6.45, 7) is 8.66. The van der Waals surface area contributed by atoms with Gasteiger partial charge in [0.25, 0.3) is 5.91 Å². The molecular weight excluding hydrogens is 446 g/mol. The highest BCUT2D eigenvalue weighted by atomic mass is 16.5. The number of benzene rings is 1. The van der Waals surface area contributed by atoms with Gasteiger partial charge < -0.3 is 25.2 Å². The first-order chi connectivity index (χ1) is 16.8. The second-order valence-electron chi connectivity index (χ2n) is 9.75. The quantitative estimate of drug-likeness (QED) is 0.452. The molecule has 4 rings (SSSR count). The van der Waals surface area contributed by atoms with Crippen LogP contribution in [0.25, 0.3) is 0 Å². The number of anilines is 2. The third kappa shape index (κ3) is 6.89. The second kappa shape index (κ2) is 10.7. The Morgan fingerprint density at radius 2 is 1.94 bits per heavy atom. The molecule has 35 heavy (non-hydrogen) atoms. The molecule has 9 heteroatoms. The molecule has 1 atom stereocenters. The molecule has 2 aromatic heterocycles. The van der Waals surface area contributed by atoms with Gasteiger partial charge in [0.2, 0.25) is 5.91 Å². The maximum atomic E-state index is 12.5. The van der Waals surface area contributed by atoms with Crippen molar-refractivity contribution in [2.75, 3.05) is 30.3 Å². The Kier molecular flexibility index (Phi) is 7.45. The maximum Gasteiger partial charge on any atom is 0.274 e. The first kappa shape index (κ1) is 24.4. The molecule has 0 aliphatic carbocycles. The number of hydrogen-bond acceptors (Lipinski definition) is 7. The van der Waals surface area contributed by atoms with Crippen molar-refractivity contribution in [1.29, 1.82) is 0 Å². The topological polar surface area (TPSA) is 118 Å². The van der Waals surface area contributed by atoms with E-state index < -0.39 is 0 Å². The average molecular weight is 478 g/mol. The number of amides is 2. The largest absolute Gasteiger partial charge is 0.492 e. The van der Waals surface area contributed by atoms with E-state index in [4.69, 9.17) is 9.26 Å². The van der Waals surface area contributed by atoms with E-state index in [2.05, 4.69) is 26.1 Å². The summed E-state index contributed by atoms with van der Waals surface area (Å²) in [5.74, 6) is 1.73. The zero-order valence-electron chi connectivity index (χ0n) is 20.3. The maximum absolute atomic E-state index is 12.5. The molecule has 1 saturated heterocycles. The van der Waals surface area contributed by atoms with Crippen LogP contribution in [0.3, 0.4) is 0 Å². The molecule has 1 fully saturated rings. The van der Waals surface area contributed by atoms with Gasteiger partial charge in [-0.15, -0.1) is 0 Å². The Labute approximate surface area is 204 Å². The first-order valence-corrected chi connectivity index (χ1v) is 11.7. The monoisotopic (exact) mass is 477 g/mol. The molecule has 1 unspecified atom stereocenters. The Bertz CT molecular complexity index is 1140. The molecule has 3 heterocycles. The lowest BCUT2D eigenvalue weighted by molar-refractivity contribution is -0.115. The van der Waals surface area contributed by atoms with Crippen molar-refractivity contribution in [3.05, 3.63) is 65.7 Å². The third-order valence-corrected chi connectivity index (χ3v) is 5.71. The van der Waals surface area contributed by atoms with Crippen LogP contribution in [0.15, 0.2) is 53.2 Å². The molecule has 0 radical (unpaired) electrons. The fourth-order valence-corrected chi connectivity index (χ4v) is 3.63. The fourth-order valence-electron chi connectivity index (χ4n) is 3.63. The minimum Gasteiger partial charge on any atom is -0.492 e. The lowest BCUT2D eigenvalue weighted by Gasteiger charge is -2.12. The first-order valence-electron chi connectivity index (χ1n) is 11.7. The molecule has 0 saturated carbocycles. The standard InChI is InChI=1S/C26H31N5O4/c1-26(2,3)22-13-23(31-35-22)30-24(32)12-17-4-6-19(7-5-17)29-25(33)21-9-8-20(15-28-21)34-16-18-10-11-27-14-18/h4-9,13,15,18,27H,10-12,14,16H2,1-3H3,(H,29,33)(H,30,31,32). The zero-order chi connectivity index (χ0) is 24.8. The van der Waals surface area contributed by atoms with Crippen LogP contribution in [-0.4, -0.2) is 41.7 Å². The molecule has 1 aromatic carbocycles. The van der Waals surface area contributed by atoms with Crippen molar-refractivity contribution in [3.63, 3.8) is 0 Å². The van der Waals surface area contributed by atoms with Crippen LogP contribution in [0.1, 0.15) is 49.0 Å². The van der Waals surface area contributed by atoms with Crippen LogP contribution in [-0.2, 0) is 16.6 Å². The molecule has 3 aromatic rings. The summed E-state index contributed by atoms with van der Waals surface area (Å²) in [5.41, 5.74) is 1.53. The molecule has 1 aliphatic rings. The van der Waals surface area contributed by atoms with Crippen LogP contribution in [0.2, 0.25) is 0 Å². The number of carbonyl (C=O) groups excluding carboxylic acids is 2. The van der Waals surface area contributed by atoms with Gasteiger partial charge in [-0.05, 0) is 42.8 Å². The van der Waals surface area contributed by atoms with E-state index in [0.29, 0.717) is 41.2 Å². The van der Waals surface area contributed by atoms with E-state index in [0.717, 1.165) is 25.1 Å². The highest BCUT2D eigenvalue weighted by Crippen LogP contribution is 2.24. The van der Waals surface area contributed by atoms with Gasteiger partial charge in [0.15, 0.2) is 5.82 Å². The average Bonchev–Trinajstić information content (AvgIpc) is 3.51. The molecule has 184 valence electrons. The summed E-state index contributed by atoms with van der Waals surface area (Å²) < 4.78 is 11.1. The van der Waals surface area contributed by atoms with Gasteiger partial charge in [-0.25, -0.2) is 4.98 Å². The SMILES string of the molecule is CC(C)(C)c1cc(NC(=O)Cc2ccc(NC(=O)c3ccc(OCC4CCNC4)cn3)cc2)no1. The molecule has 9 nitrogen and oxygen atoms in total. The van der Waals surface area contributed by atoms with Crippen LogP contribution in [0, 0.1) is 5.92 Å². The number of carbonyl (C=O) groups is 2. The lowest BCUT2D eigenvalue weighted by atomic mass is 9.93. The molecule has 2 amide bonds. The highest BCUT2D eigenvalue weighted by Gasteiger charge is 2.20. The van der Waals surface area contributed by atoms with Gasteiger partial charge >= 0.3 is 0 Å². The molecule has 0 bridgehead atoms. The minimum atomic E-state index is -0.317. The molecular formula is C26H31N5O4. The predicted octanol–water partition coefficient (Wildman–Crippen LogP) is 3.79. The lowest BCUT2D eigenvalue weighted by Crippen LogP contribution is -2.16. The predicted molar refractivity (Wildman–Crippen MR) is 133 cm³/mol. The van der Waals surface area contributed by atoms with Crippen molar-refractivity contribution in [2.24, 2.45) is 5.92 Å². The van der Waals surface area contributed by atoms with Crippen molar-refractivity contribution < 1.29 is 18.8 Å². The van der Waals surface area contributed by atoms with E-state index >= 15 is 0 Å². The van der Waals surface area contributed by atoms with E-state index in [-0.39, 0.29) is 23.7 Å². The summed E-state index contributed by atoms with van der Waals surface area (Å²) in [6, 6.07) is 12.2. The summed E-state index contributed by atoms with van der Waals surface area (Å²) in [5, 5.41) is 12.8. The van der Waals surface area contributed by atoms with Gasteiger partial charge in [0.1, 0.15) is 17.2 Å². The number of rotatable bonds is 8.